The van der Waals surface area contributed by atoms with E-state index in [1.165, 1.54) is 19.2 Å². The van der Waals surface area contributed by atoms with Crippen LogP contribution in [0.4, 0.5) is 4.39 Å². The molecule has 0 unspecified atom stereocenters. The zero-order chi connectivity index (χ0) is 23.3. The Balaban J connectivity index is 1.54. The van der Waals surface area contributed by atoms with Crippen LogP contribution in [0.2, 0.25) is 0 Å². The highest BCUT2D eigenvalue weighted by Crippen LogP contribution is 2.35. The van der Waals surface area contributed by atoms with E-state index in [2.05, 4.69) is 10.6 Å². The van der Waals surface area contributed by atoms with Gasteiger partial charge in [-0.05, 0) is 67.5 Å². The summed E-state index contributed by atoms with van der Waals surface area (Å²) in [6.07, 6.45) is 2.99. The highest BCUT2D eigenvalue weighted by atomic mass is 32.2. The quantitative estimate of drug-likeness (QED) is 0.530. The molecule has 2 aromatic carbocycles. The SMILES string of the molecule is COc1cc(F)cc([C@@H](C)N[C@H]2CC[C@@H](c3ccc(C(=O)NCCS(N)(=O)=O)cc3)C2)c1. The number of sulfonamides is 1. The maximum absolute atomic E-state index is 13.8. The smallest absolute Gasteiger partial charge is 0.251 e. The third kappa shape index (κ3) is 6.75. The summed E-state index contributed by atoms with van der Waals surface area (Å²) in [5, 5.41) is 11.1. The fourth-order valence-electron chi connectivity index (χ4n) is 4.15. The van der Waals surface area contributed by atoms with Crippen molar-refractivity contribution >= 4 is 15.9 Å². The van der Waals surface area contributed by atoms with Crippen LogP contribution in [0.3, 0.4) is 0 Å². The van der Waals surface area contributed by atoms with Gasteiger partial charge in [0.2, 0.25) is 10.0 Å². The molecule has 1 fully saturated rings. The average Bonchev–Trinajstić information content (AvgIpc) is 3.20. The van der Waals surface area contributed by atoms with Crippen LogP contribution in [0, 0.1) is 5.82 Å². The molecule has 9 heteroatoms. The standard InChI is InChI=1S/C23H30FN3O4S/c1-15(19-11-20(24)14-22(13-19)31-2)27-21-8-7-18(12-21)16-3-5-17(6-4-16)23(28)26-9-10-32(25,29)30/h3-6,11,13-15,18,21,27H,7-10,12H2,1-2H3,(H,26,28)(H2,25,29,30)/t15-,18-,21+/m1/s1. The molecule has 32 heavy (non-hydrogen) atoms. The maximum atomic E-state index is 13.8. The van der Waals surface area contributed by atoms with Gasteiger partial charge in [0, 0.05) is 30.3 Å². The van der Waals surface area contributed by atoms with Crippen LogP contribution in [0.25, 0.3) is 0 Å². The number of amides is 1. The normalized spacial score (nSPS) is 19.5. The molecule has 0 aromatic heterocycles. The van der Waals surface area contributed by atoms with Crippen molar-refractivity contribution in [1.29, 1.82) is 0 Å². The molecule has 174 valence electrons. The minimum Gasteiger partial charge on any atom is -0.497 e. The molecule has 3 rings (SSSR count). The lowest BCUT2D eigenvalue weighted by atomic mass is 9.96. The van der Waals surface area contributed by atoms with Gasteiger partial charge in [0.15, 0.2) is 0 Å². The molecule has 1 amide bonds. The van der Waals surface area contributed by atoms with Crippen LogP contribution in [0.15, 0.2) is 42.5 Å². The number of carbonyl (C=O) groups excluding carboxylic acids is 1. The fraction of sp³-hybridized carbons (Fsp3) is 0.435. The van der Waals surface area contributed by atoms with Crippen LogP contribution < -0.4 is 20.5 Å². The Labute approximate surface area is 188 Å². The summed E-state index contributed by atoms with van der Waals surface area (Å²) in [6.45, 7) is 2.00. The van der Waals surface area contributed by atoms with Gasteiger partial charge in [-0.1, -0.05) is 12.1 Å². The Morgan fingerprint density at radius 1 is 1.22 bits per heavy atom. The van der Waals surface area contributed by atoms with Gasteiger partial charge in [0.1, 0.15) is 11.6 Å². The van der Waals surface area contributed by atoms with Crippen molar-refractivity contribution in [3.05, 3.63) is 65.0 Å². The van der Waals surface area contributed by atoms with Gasteiger partial charge < -0.3 is 15.4 Å². The van der Waals surface area contributed by atoms with Gasteiger partial charge in [-0.3, -0.25) is 4.79 Å². The average molecular weight is 464 g/mol. The number of ether oxygens (including phenoxy) is 1. The van der Waals surface area contributed by atoms with Crippen LogP contribution in [-0.2, 0) is 10.0 Å². The first-order valence-electron chi connectivity index (χ1n) is 10.6. The number of benzene rings is 2. The highest BCUT2D eigenvalue weighted by Gasteiger charge is 2.27. The van der Waals surface area contributed by atoms with Crippen molar-refractivity contribution in [2.24, 2.45) is 5.14 Å². The summed E-state index contributed by atoms with van der Waals surface area (Å²) in [4.78, 5) is 12.1. The van der Waals surface area contributed by atoms with E-state index in [0.717, 1.165) is 30.4 Å². The molecule has 0 radical (unpaired) electrons. The Hall–Kier alpha value is -2.49. The van der Waals surface area contributed by atoms with Crippen molar-refractivity contribution in [3.63, 3.8) is 0 Å². The summed E-state index contributed by atoms with van der Waals surface area (Å²) >= 11 is 0. The van der Waals surface area contributed by atoms with E-state index in [1.54, 1.807) is 12.1 Å². The Morgan fingerprint density at radius 3 is 2.59 bits per heavy atom. The van der Waals surface area contributed by atoms with Crippen LogP contribution in [0.5, 0.6) is 5.75 Å². The van der Waals surface area contributed by atoms with Gasteiger partial charge in [-0.25, -0.2) is 17.9 Å². The number of rotatable bonds is 9. The third-order valence-corrected chi connectivity index (χ3v) is 6.64. The van der Waals surface area contributed by atoms with Crippen LogP contribution in [0.1, 0.15) is 59.6 Å². The first-order valence-corrected chi connectivity index (χ1v) is 12.4. The molecule has 0 spiro atoms. The van der Waals surface area contributed by atoms with E-state index in [4.69, 9.17) is 9.88 Å². The van der Waals surface area contributed by atoms with Crippen molar-refractivity contribution in [1.82, 2.24) is 10.6 Å². The van der Waals surface area contributed by atoms with Gasteiger partial charge >= 0.3 is 0 Å². The monoisotopic (exact) mass is 463 g/mol. The Morgan fingerprint density at radius 2 is 1.94 bits per heavy atom. The fourth-order valence-corrected chi connectivity index (χ4v) is 4.54. The van der Waals surface area contributed by atoms with E-state index < -0.39 is 10.0 Å². The van der Waals surface area contributed by atoms with E-state index in [9.17, 15) is 17.6 Å². The number of carbonyl (C=O) groups is 1. The molecular formula is C23H30FN3O4S. The lowest BCUT2D eigenvalue weighted by Gasteiger charge is -2.21. The summed E-state index contributed by atoms with van der Waals surface area (Å²) < 4.78 is 40.9. The van der Waals surface area contributed by atoms with E-state index in [0.29, 0.717) is 23.3 Å². The molecule has 0 heterocycles. The van der Waals surface area contributed by atoms with Crippen molar-refractivity contribution < 1.29 is 22.3 Å². The number of primary sulfonamides is 1. The molecule has 1 aliphatic carbocycles. The molecule has 0 aliphatic heterocycles. The minimum absolute atomic E-state index is 0.00763. The summed E-state index contributed by atoms with van der Waals surface area (Å²) in [5.74, 6) is -0.0572. The maximum Gasteiger partial charge on any atom is 0.251 e. The molecule has 1 aliphatic rings. The second kappa shape index (κ2) is 10.4. The lowest BCUT2D eigenvalue weighted by molar-refractivity contribution is 0.0956. The van der Waals surface area contributed by atoms with Gasteiger partial charge in [-0.2, -0.15) is 0 Å². The topological polar surface area (TPSA) is 111 Å². The zero-order valence-electron chi connectivity index (χ0n) is 18.3. The number of nitrogens with two attached hydrogens (primary N) is 1. The molecule has 0 bridgehead atoms. The third-order valence-electron chi connectivity index (χ3n) is 5.86. The van der Waals surface area contributed by atoms with Gasteiger partial charge in [0.25, 0.3) is 5.91 Å². The predicted molar refractivity (Wildman–Crippen MR) is 122 cm³/mol. The van der Waals surface area contributed by atoms with Gasteiger partial charge in [-0.15, -0.1) is 0 Å². The van der Waals surface area contributed by atoms with Crippen molar-refractivity contribution in [2.75, 3.05) is 19.4 Å². The minimum atomic E-state index is -3.60. The lowest BCUT2D eigenvalue weighted by Crippen LogP contribution is -2.31. The summed E-state index contributed by atoms with van der Waals surface area (Å²) in [5.41, 5.74) is 2.49. The predicted octanol–water partition coefficient (Wildman–Crippen LogP) is 2.84. The van der Waals surface area contributed by atoms with Crippen LogP contribution in [-0.4, -0.2) is 39.8 Å². The summed E-state index contributed by atoms with van der Waals surface area (Å²) in [6, 6.07) is 12.4. The number of hydrogen-bond donors (Lipinski definition) is 3. The van der Waals surface area contributed by atoms with E-state index in [1.807, 2.05) is 25.1 Å². The Kier molecular flexibility index (Phi) is 7.86. The largest absolute Gasteiger partial charge is 0.497 e. The summed E-state index contributed by atoms with van der Waals surface area (Å²) in [7, 11) is -2.08. The number of halogens is 1. The molecule has 1 saturated carbocycles. The zero-order valence-corrected chi connectivity index (χ0v) is 19.1. The van der Waals surface area contributed by atoms with Crippen molar-refractivity contribution in [3.8, 4) is 5.75 Å². The first-order chi connectivity index (χ1) is 15.1. The molecule has 0 saturated heterocycles. The molecular weight excluding hydrogens is 433 g/mol. The highest BCUT2D eigenvalue weighted by molar-refractivity contribution is 7.89. The number of nitrogens with one attached hydrogen (secondary N) is 2. The molecule has 7 nitrogen and oxygen atoms in total. The van der Waals surface area contributed by atoms with E-state index >= 15 is 0 Å². The molecule has 3 atom stereocenters. The van der Waals surface area contributed by atoms with Crippen LogP contribution >= 0.6 is 0 Å². The molecule has 2 aromatic rings. The van der Waals surface area contributed by atoms with Gasteiger partial charge in [0.05, 0.1) is 12.9 Å². The number of methoxy groups -OCH3 is 1. The second-order valence-electron chi connectivity index (χ2n) is 8.26. The molecule has 4 N–H and O–H groups in total. The first kappa shape index (κ1) is 24.2. The van der Waals surface area contributed by atoms with E-state index in [-0.39, 0.29) is 30.1 Å². The second-order valence-corrected chi connectivity index (χ2v) is 10.00. The number of hydrogen-bond acceptors (Lipinski definition) is 5. The van der Waals surface area contributed by atoms with Crippen molar-refractivity contribution in [2.45, 2.75) is 44.2 Å². The Bertz CT molecular complexity index is 1040.